The summed E-state index contributed by atoms with van der Waals surface area (Å²) in [6, 6.07) is 10.1. The van der Waals surface area contributed by atoms with Crippen LogP contribution in [0.4, 0.5) is 5.69 Å². The highest BCUT2D eigenvalue weighted by molar-refractivity contribution is 5.95. The smallest absolute Gasteiger partial charge is 0.350 e. The quantitative estimate of drug-likeness (QED) is 0.257. The van der Waals surface area contributed by atoms with Crippen LogP contribution < -0.4 is 9.47 Å². The van der Waals surface area contributed by atoms with Crippen molar-refractivity contribution in [2.45, 2.75) is 0 Å². The molecule has 8 heteroatoms. The van der Waals surface area contributed by atoms with E-state index < -0.39 is 16.9 Å². The zero-order valence-electron chi connectivity index (χ0n) is 14.0. The average Bonchev–Trinajstić information content (AvgIpc) is 2.66. The predicted molar refractivity (Wildman–Crippen MR) is 92.1 cm³/mol. The summed E-state index contributed by atoms with van der Waals surface area (Å²) in [4.78, 5) is 33.8. The number of para-hydroxylation sites is 1. The highest BCUT2D eigenvalue weighted by atomic mass is 16.6. The summed E-state index contributed by atoms with van der Waals surface area (Å²) in [5.74, 6) is -1.08. The van der Waals surface area contributed by atoms with Crippen molar-refractivity contribution in [1.82, 2.24) is 0 Å². The molecular formula is C18H15NO7. The molecule has 8 nitrogen and oxygen atoms in total. The number of rotatable bonds is 6. The van der Waals surface area contributed by atoms with Crippen LogP contribution in [-0.4, -0.2) is 31.1 Å². The molecule has 0 saturated heterocycles. The molecular weight excluding hydrogens is 342 g/mol. The Bertz CT molecular complexity index is 874. The number of ether oxygens (including phenoxy) is 3. The molecule has 0 heterocycles. The summed E-state index contributed by atoms with van der Waals surface area (Å²) in [6.07, 6.45) is 2.73. The van der Waals surface area contributed by atoms with Gasteiger partial charge >= 0.3 is 11.9 Å². The van der Waals surface area contributed by atoms with E-state index in [0.29, 0.717) is 5.56 Å². The molecule has 0 aliphatic heterocycles. The second kappa shape index (κ2) is 8.43. The van der Waals surface area contributed by atoms with Gasteiger partial charge in [-0.05, 0) is 29.8 Å². The van der Waals surface area contributed by atoms with Crippen LogP contribution >= 0.6 is 0 Å². The second-order valence-corrected chi connectivity index (χ2v) is 4.93. The number of nitrogens with zero attached hydrogens (tertiary/aromatic N) is 1. The maximum atomic E-state index is 12.3. The van der Waals surface area contributed by atoms with Crippen molar-refractivity contribution in [3.8, 4) is 11.5 Å². The fourth-order valence-electron chi connectivity index (χ4n) is 2.06. The maximum Gasteiger partial charge on any atom is 0.350 e. The number of carbonyl (C=O) groups is 2. The van der Waals surface area contributed by atoms with Crippen LogP contribution in [0.15, 0.2) is 48.5 Å². The number of carbonyl (C=O) groups excluding carboxylic acids is 2. The Kier molecular flexibility index (Phi) is 6.05. The Morgan fingerprint density at radius 1 is 1.08 bits per heavy atom. The van der Waals surface area contributed by atoms with Crippen molar-refractivity contribution in [1.29, 1.82) is 0 Å². The van der Waals surface area contributed by atoms with Crippen molar-refractivity contribution in [3.05, 3.63) is 69.8 Å². The Hall–Kier alpha value is -3.68. The van der Waals surface area contributed by atoms with E-state index in [1.54, 1.807) is 12.1 Å². The van der Waals surface area contributed by atoms with Gasteiger partial charge in [-0.3, -0.25) is 10.1 Å². The van der Waals surface area contributed by atoms with Crippen LogP contribution in [-0.2, 0) is 9.53 Å². The van der Waals surface area contributed by atoms with Gasteiger partial charge in [0.05, 0.1) is 19.1 Å². The minimum absolute atomic E-state index is 0.0888. The molecule has 2 rings (SSSR count). The van der Waals surface area contributed by atoms with Gasteiger partial charge in [0.25, 0.3) is 5.69 Å². The summed E-state index contributed by atoms with van der Waals surface area (Å²) in [6.45, 7) is 0. The number of hydrogen-bond acceptors (Lipinski definition) is 7. The standard InChI is InChI=1S/C18H15NO7/c1-24-16-11-12(8-10-17(20)25-2)7-9-15(16)26-18(21)13-5-3-4-6-14(13)19(22)23/h3-11H,1-2H3/b10-8+. The molecule has 134 valence electrons. The Balaban J connectivity index is 2.27. The van der Waals surface area contributed by atoms with Crippen molar-refractivity contribution in [2.75, 3.05) is 14.2 Å². The lowest BCUT2D eigenvalue weighted by Crippen LogP contribution is -2.11. The van der Waals surface area contributed by atoms with Crippen molar-refractivity contribution in [3.63, 3.8) is 0 Å². The second-order valence-electron chi connectivity index (χ2n) is 4.93. The maximum absolute atomic E-state index is 12.3. The normalized spacial score (nSPS) is 10.4. The van der Waals surface area contributed by atoms with Gasteiger partial charge in [-0.1, -0.05) is 18.2 Å². The van der Waals surface area contributed by atoms with Crippen LogP contribution in [0.3, 0.4) is 0 Å². The van der Waals surface area contributed by atoms with E-state index in [9.17, 15) is 19.7 Å². The largest absolute Gasteiger partial charge is 0.493 e. The average molecular weight is 357 g/mol. The van der Waals surface area contributed by atoms with Gasteiger partial charge in [0.2, 0.25) is 0 Å². The zero-order chi connectivity index (χ0) is 19.1. The van der Waals surface area contributed by atoms with Crippen molar-refractivity contribution >= 4 is 23.7 Å². The molecule has 0 fully saturated rings. The number of nitro benzene ring substituents is 1. The third-order valence-electron chi connectivity index (χ3n) is 3.32. The van der Waals surface area contributed by atoms with Crippen LogP contribution in [0.2, 0.25) is 0 Å². The molecule has 0 unspecified atom stereocenters. The molecule has 26 heavy (non-hydrogen) atoms. The molecule has 0 saturated carbocycles. The molecule has 2 aromatic rings. The van der Waals surface area contributed by atoms with Crippen LogP contribution in [0.5, 0.6) is 11.5 Å². The Morgan fingerprint density at radius 2 is 1.81 bits per heavy atom. The summed E-state index contributed by atoms with van der Waals surface area (Å²) >= 11 is 0. The first-order valence-electron chi connectivity index (χ1n) is 7.36. The minimum Gasteiger partial charge on any atom is -0.493 e. The van der Waals surface area contributed by atoms with Gasteiger partial charge < -0.3 is 14.2 Å². The van der Waals surface area contributed by atoms with E-state index in [0.717, 1.165) is 0 Å². The molecule has 0 atom stereocenters. The zero-order valence-corrected chi connectivity index (χ0v) is 14.0. The summed E-state index contributed by atoms with van der Waals surface area (Å²) in [5.41, 5.74) is 0.0843. The van der Waals surface area contributed by atoms with Gasteiger partial charge in [-0.15, -0.1) is 0 Å². The lowest BCUT2D eigenvalue weighted by Gasteiger charge is -2.10. The SMILES string of the molecule is COC(=O)/C=C/c1ccc(OC(=O)c2ccccc2[N+](=O)[O-])c(OC)c1. The molecule has 0 amide bonds. The first kappa shape index (κ1) is 18.7. The first-order chi connectivity index (χ1) is 12.5. The predicted octanol–water partition coefficient (Wildman–Crippen LogP) is 3.01. The number of nitro groups is 1. The van der Waals surface area contributed by atoms with E-state index >= 15 is 0 Å². The van der Waals surface area contributed by atoms with Crippen LogP contribution in [0.1, 0.15) is 15.9 Å². The third-order valence-corrected chi connectivity index (χ3v) is 3.32. The minimum atomic E-state index is -0.881. The number of methoxy groups -OCH3 is 2. The van der Waals surface area contributed by atoms with Gasteiger partial charge in [0.15, 0.2) is 11.5 Å². The lowest BCUT2D eigenvalue weighted by atomic mass is 10.1. The lowest BCUT2D eigenvalue weighted by molar-refractivity contribution is -0.385. The number of benzene rings is 2. The molecule has 0 spiro atoms. The third kappa shape index (κ3) is 4.44. The van der Waals surface area contributed by atoms with Crippen LogP contribution in [0, 0.1) is 10.1 Å². The summed E-state index contributed by atoms with van der Waals surface area (Å²) in [7, 11) is 2.64. The van der Waals surface area contributed by atoms with Gasteiger partial charge in [-0.25, -0.2) is 9.59 Å². The van der Waals surface area contributed by atoms with E-state index in [1.165, 1.54) is 56.7 Å². The Labute approximate surface area is 148 Å². The number of esters is 2. The molecule has 0 N–H and O–H groups in total. The molecule has 0 aliphatic rings. The topological polar surface area (TPSA) is 105 Å². The summed E-state index contributed by atoms with van der Waals surface area (Å²) in [5, 5.41) is 11.0. The number of hydrogen-bond donors (Lipinski definition) is 0. The van der Waals surface area contributed by atoms with Crippen LogP contribution in [0.25, 0.3) is 6.08 Å². The molecule has 2 aromatic carbocycles. The fraction of sp³-hybridized carbons (Fsp3) is 0.111. The Morgan fingerprint density at radius 3 is 2.46 bits per heavy atom. The monoisotopic (exact) mass is 357 g/mol. The molecule has 0 aliphatic carbocycles. The highest BCUT2D eigenvalue weighted by Crippen LogP contribution is 2.30. The molecule has 0 bridgehead atoms. The molecule has 0 aromatic heterocycles. The van der Waals surface area contributed by atoms with E-state index in [1.807, 2.05) is 0 Å². The molecule has 0 radical (unpaired) electrons. The highest BCUT2D eigenvalue weighted by Gasteiger charge is 2.22. The van der Waals surface area contributed by atoms with E-state index in [4.69, 9.17) is 9.47 Å². The first-order valence-corrected chi connectivity index (χ1v) is 7.36. The van der Waals surface area contributed by atoms with Gasteiger partial charge in [0.1, 0.15) is 5.56 Å². The fourth-order valence-corrected chi connectivity index (χ4v) is 2.06. The summed E-state index contributed by atoms with van der Waals surface area (Å²) < 4.78 is 14.9. The van der Waals surface area contributed by atoms with E-state index in [-0.39, 0.29) is 22.7 Å². The van der Waals surface area contributed by atoms with Crippen molar-refractivity contribution in [2.24, 2.45) is 0 Å². The van der Waals surface area contributed by atoms with E-state index in [2.05, 4.69) is 4.74 Å². The van der Waals surface area contributed by atoms with Crippen molar-refractivity contribution < 1.29 is 28.7 Å². The van der Waals surface area contributed by atoms with Gasteiger partial charge in [-0.2, -0.15) is 0 Å². The van der Waals surface area contributed by atoms with Gasteiger partial charge in [0, 0.05) is 12.1 Å².